The molecule has 1 aromatic heterocycles. The molecule has 0 aliphatic heterocycles. The first-order valence-corrected chi connectivity index (χ1v) is 9.94. The van der Waals surface area contributed by atoms with Gasteiger partial charge >= 0.3 is 0 Å². The molecule has 1 fully saturated rings. The number of benzene rings is 2. The van der Waals surface area contributed by atoms with Gasteiger partial charge < -0.3 is 20.5 Å². The first-order valence-electron chi connectivity index (χ1n) is 9.94. The Bertz CT molecular complexity index is 1020. The zero-order chi connectivity index (χ0) is 20.4. The van der Waals surface area contributed by atoms with Gasteiger partial charge in [0.05, 0.1) is 11.8 Å². The predicted octanol–water partition coefficient (Wildman–Crippen LogP) is 3.17. The number of nitrogens with zero attached hydrogens (tertiary/aromatic N) is 1. The molecule has 1 heterocycles. The molecule has 3 aromatic rings. The second-order valence-electron chi connectivity index (χ2n) is 7.78. The number of rotatable bonds is 7. The lowest BCUT2D eigenvalue weighted by atomic mass is 10.1. The SMILES string of the molecule is CN(C)c1ccc(NC(=O)C2CC2C(=O)NCCc2c[nH]c3ccccc23)cc1. The molecule has 1 aliphatic carbocycles. The van der Waals surface area contributed by atoms with Gasteiger partial charge in [-0.3, -0.25) is 9.59 Å². The van der Waals surface area contributed by atoms with Gasteiger partial charge in [-0.15, -0.1) is 0 Å². The highest BCUT2D eigenvalue weighted by Crippen LogP contribution is 2.39. The summed E-state index contributed by atoms with van der Waals surface area (Å²) in [5.74, 6) is -0.581. The van der Waals surface area contributed by atoms with E-state index < -0.39 is 0 Å². The van der Waals surface area contributed by atoms with Gasteiger partial charge in [0, 0.05) is 49.1 Å². The van der Waals surface area contributed by atoms with Crippen LogP contribution in [0.4, 0.5) is 11.4 Å². The second kappa shape index (κ2) is 7.99. The van der Waals surface area contributed by atoms with Crippen LogP contribution in [0.15, 0.2) is 54.7 Å². The Labute approximate surface area is 170 Å². The number of hydrogen-bond acceptors (Lipinski definition) is 3. The van der Waals surface area contributed by atoms with Gasteiger partial charge in [-0.25, -0.2) is 0 Å². The van der Waals surface area contributed by atoms with Gasteiger partial charge in [0.25, 0.3) is 0 Å². The Morgan fingerprint density at radius 1 is 1.03 bits per heavy atom. The summed E-state index contributed by atoms with van der Waals surface area (Å²) in [5.41, 5.74) is 4.12. The van der Waals surface area contributed by atoms with Crippen LogP contribution in [0.3, 0.4) is 0 Å². The number of carbonyl (C=O) groups is 2. The smallest absolute Gasteiger partial charge is 0.228 e. The number of para-hydroxylation sites is 1. The summed E-state index contributed by atoms with van der Waals surface area (Å²) in [4.78, 5) is 30.0. The summed E-state index contributed by atoms with van der Waals surface area (Å²) in [6, 6.07) is 15.8. The Kier molecular flexibility index (Phi) is 5.25. The summed E-state index contributed by atoms with van der Waals surface area (Å²) >= 11 is 0. The molecule has 4 rings (SSSR count). The number of carbonyl (C=O) groups excluding carboxylic acids is 2. The van der Waals surface area contributed by atoms with E-state index in [1.54, 1.807) is 0 Å². The molecule has 2 unspecified atom stereocenters. The Morgan fingerprint density at radius 2 is 1.76 bits per heavy atom. The Morgan fingerprint density at radius 3 is 2.52 bits per heavy atom. The molecular formula is C23H26N4O2. The fourth-order valence-corrected chi connectivity index (χ4v) is 3.64. The summed E-state index contributed by atoms with van der Waals surface area (Å²) in [5, 5.41) is 7.08. The molecule has 29 heavy (non-hydrogen) atoms. The number of anilines is 2. The number of aromatic nitrogens is 1. The monoisotopic (exact) mass is 390 g/mol. The van der Waals surface area contributed by atoms with Crippen LogP contribution in [0.1, 0.15) is 12.0 Å². The van der Waals surface area contributed by atoms with Crippen LogP contribution >= 0.6 is 0 Å². The van der Waals surface area contributed by atoms with Crippen molar-refractivity contribution in [3.05, 3.63) is 60.3 Å². The molecule has 0 bridgehead atoms. The number of fused-ring (bicyclic) bond motifs is 1. The van der Waals surface area contributed by atoms with E-state index in [0.29, 0.717) is 13.0 Å². The van der Waals surface area contributed by atoms with E-state index in [-0.39, 0.29) is 23.7 Å². The first-order chi connectivity index (χ1) is 14.0. The molecule has 0 radical (unpaired) electrons. The topological polar surface area (TPSA) is 77.2 Å². The molecule has 150 valence electrons. The third-order valence-electron chi connectivity index (χ3n) is 5.48. The number of hydrogen-bond donors (Lipinski definition) is 3. The second-order valence-corrected chi connectivity index (χ2v) is 7.78. The zero-order valence-electron chi connectivity index (χ0n) is 16.7. The molecule has 0 saturated heterocycles. The molecule has 6 heteroatoms. The molecule has 2 atom stereocenters. The van der Waals surface area contributed by atoms with Crippen molar-refractivity contribution in [3.8, 4) is 0 Å². The average Bonchev–Trinajstić information content (AvgIpc) is 3.43. The van der Waals surface area contributed by atoms with Gasteiger partial charge in [0.1, 0.15) is 0 Å². The van der Waals surface area contributed by atoms with Crippen LogP contribution in [0, 0.1) is 11.8 Å². The minimum atomic E-state index is -0.239. The van der Waals surface area contributed by atoms with E-state index in [1.807, 2.05) is 67.7 Å². The lowest BCUT2D eigenvalue weighted by Gasteiger charge is -2.13. The highest BCUT2D eigenvalue weighted by Gasteiger charge is 2.47. The molecule has 2 aromatic carbocycles. The highest BCUT2D eigenvalue weighted by atomic mass is 16.2. The quantitative estimate of drug-likeness (QED) is 0.580. The van der Waals surface area contributed by atoms with Gasteiger partial charge in [0.15, 0.2) is 0 Å². The molecule has 6 nitrogen and oxygen atoms in total. The van der Waals surface area contributed by atoms with Crippen molar-refractivity contribution in [2.24, 2.45) is 11.8 Å². The number of amides is 2. The van der Waals surface area contributed by atoms with Crippen LogP contribution in [-0.2, 0) is 16.0 Å². The maximum atomic E-state index is 12.4. The van der Waals surface area contributed by atoms with Crippen molar-refractivity contribution in [1.82, 2.24) is 10.3 Å². The van der Waals surface area contributed by atoms with Gasteiger partial charge in [0.2, 0.25) is 11.8 Å². The minimum absolute atomic E-state index is 0.0343. The van der Waals surface area contributed by atoms with Crippen molar-refractivity contribution in [3.63, 3.8) is 0 Å². The Balaban J connectivity index is 1.24. The lowest BCUT2D eigenvalue weighted by Crippen LogP contribution is -2.29. The van der Waals surface area contributed by atoms with Gasteiger partial charge in [-0.1, -0.05) is 18.2 Å². The fourth-order valence-electron chi connectivity index (χ4n) is 3.64. The summed E-state index contributed by atoms with van der Waals surface area (Å²) in [6.45, 7) is 0.567. The standard InChI is InChI=1S/C23H26N4O2/c1-27(2)17-9-7-16(8-10-17)26-23(29)20-13-19(20)22(28)24-12-11-15-14-25-21-6-4-3-5-18(15)21/h3-10,14,19-20,25H,11-13H2,1-2H3,(H,24,28)(H,26,29). The number of nitrogens with one attached hydrogen (secondary N) is 3. The average molecular weight is 390 g/mol. The maximum Gasteiger partial charge on any atom is 0.228 e. The van der Waals surface area contributed by atoms with Crippen molar-refractivity contribution >= 4 is 34.1 Å². The van der Waals surface area contributed by atoms with Crippen molar-refractivity contribution in [2.75, 3.05) is 30.9 Å². The van der Waals surface area contributed by atoms with E-state index in [1.165, 1.54) is 10.9 Å². The van der Waals surface area contributed by atoms with E-state index in [9.17, 15) is 9.59 Å². The largest absolute Gasteiger partial charge is 0.378 e. The summed E-state index contributed by atoms with van der Waals surface area (Å²) < 4.78 is 0. The van der Waals surface area contributed by atoms with Crippen LogP contribution in [0.2, 0.25) is 0 Å². The van der Waals surface area contributed by atoms with E-state index >= 15 is 0 Å². The van der Waals surface area contributed by atoms with Crippen molar-refractivity contribution in [2.45, 2.75) is 12.8 Å². The fraction of sp³-hybridized carbons (Fsp3) is 0.304. The summed E-state index contributed by atoms with van der Waals surface area (Å²) in [6.07, 6.45) is 3.36. The summed E-state index contributed by atoms with van der Waals surface area (Å²) in [7, 11) is 3.94. The molecular weight excluding hydrogens is 364 g/mol. The van der Waals surface area contributed by atoms with Crippen molar-refractivity contribution in [1.29, 1.82) is 0 Å². The van der Waals surface area contributed by atoms with Crippen LogP contribution in [0.5, 0.6) is 0 Å². The van der Waals surface area contributed by atoms with Crippen LogP contribution in [0.25, 0.3) is 10.9 Å². The number of H-pyrrole nitrogens is 1. The molecule has 3 N–H and O–H groups in total. The molecule has 2 amide bonds. The third kappa shape index (κ3) is 4.26. The van der Waals surface area contributed by atoms with Crippen LogP contribution < -0.4 is 15.5 Å². The Hall–Kier alpha value is -3.28. The lowest BCUT2D eigenvalue weighted by molar-refractivity contribution is -0.125. The number of aromatic amines is 1. The van der Waals surface area contributed by atoms with Gasteiger partial charge in [-0.05, 0) is 48.7 Å². The van der Waals surface area contributed by atoms with E-state index in [4.69, 9.17) is 0 Å². The molecule has 1 saturated carbocycles. The zero-order valence-corrected chi connectivity index (χ0v) is 16.7. The maximum absolute atomic E-state index is 12.4. The predicted molar refractivity (Wildman–Crippen MR) is 116 cm³/mol. The molecule has 0 spiro atoms. The normalized spacial score (nSPS) is 17.7. The van der Waals surface area contributed by atoms with Gasteiger partial charge in [-0.2, -0.15) is 0 Å². The minimum Gasteiger partial charge on any atom is -0.378 e. The van der Waals surface area contributed by atoms with E-state index in [0.717, 1.165) is 23.3 Å². The van der Waals surface area contributed by atoms with Crippen LogP contribution in [-0.4, -0.2) is 37.4 Å². The first kappa shape index (κ1) is 19.1. The van der Waals surface area contributed by atoms with Crippen molar-refractivity contribution < 1.29 is 9.59 Å². The molecule has 1 aliphatic rings. The third-order valence-corrected chi connectivity index (χ3v) is 5.48. The van der Waals surface area contributed by atoms with E-state index in [2.05, 4.69) is 21.7 Å². The highest BCUT2D eigenvalue weighted by molar-refractivity contribution is 5.99.